The summed E-state index contributed by atoms with van der Waals surface area (Å²) in [5, 5.41) is 22.5. The van der Waals surface area contributed by atoms with Gasteiger partial charge in [0.2, 0.25) is 5.91 Å². The summed E-state index contributed by atoms with van der Waals surface area (Å²) in [6, 6.07) is 12.1. The molecule has 1 unspecified atom stereocenters. The Kier molecular flexibility index (Phi) is 8.84. The van der Waals surface area contributed by atoms with E-state index in [2.05, 4.69) is 21.0 Å². The molecule has 15 heteroatoms. The average Bonchev–Trinajstić information content (AvgIpc) is 3.62. The topological polar surface area (TPSA) is 156 Å². The number of hydroxylamine groups is 1. The van der Waals surface area contributed by atoms with Crippen LogP contribution in [0.2, 0.25) is 0 Å². The number of carbonyl (C=O) groups excluding carboxylic acids is 3. The standard InChI is InChI=1S/C25H24N6O6S3/c32-18(10-17-7-4-8-38-17)28-20-22(34)31-21(24(35)36)16(11-39-23(20)31)12-40-25-29-26-13-30(25)14-27-37-19(33)9-15-5-2-1-3-6-15/h1-8,13,20,23,27H,9-12,14H2,(H,28,32)(H,35,36)/t20?,23-/m0/s1. The minimum absolute atomic E-state index is 0.0657. The van der Waals surface area contributed by atoms with Crippen LogP contribution in [0.4, 0.5) is 0 Å². The number of nitrogens with zero attached hydrogens (tertiary/aromatic N) is 4. The first-order valence-electron chi connectivity index (χ1n) is 12.1. The quantitative estimate of drug-likeness (QED) is 0.158. The minimum Gasteiger partial charge on any atom is -0.477 e. The fraction of sp³-hybridized carbons (Fsp3) is 0.280. The van der Waals surface area contributed by atoms with Gasteiger partial charge in [0.25, 0.3) is 5.91 Å². The number of amides is 2. The molecular weight excluding hydrogens is 577 g/mol. The van der Waals surface area contributed by atoms with E-state index in [1.165, 1.54) is 46.1 Å². The summed E-state index contributed by atoms with van der Waals surface area (Å²) in [6.07, 6.45) is 1.75. The number of fused-ring (bicyclic) bond motifs is 1. The summed E-state index contributed by atoms with van der Waals surface area (Å²) in [6.45, 7) is 0.0922. The van der Waals surface area contributed by atoms with Gasteiger partial charge in [-0.15, -0.1) is 38.8 Å². The number of thiophene rings is 1. The number of β-lactam (4-membered cyclic amide) rings is 1. The van der Waals surface area contributed by atoms with E-state index in [0.29, 0.717) is 16.5 Å². The fourth-order valence-corrected chi connectivity index (χ4v) is 7.29. The Hall–Kier alpha value is -3.66. The molecule has 0 radical (unpaired) electrons. The number of thioether (sulfide) groups is 2. The predicted octanol–water partition coefficient (Wildman–Crippen LogP) is 1.66. The highest BCUT2D eigenvalue weighted by Crippen LogP contribution is 2.41. The van der Waals surface area contributed by atoms with E-state index in [1.807, 2.05) is 47.8 Å². The van der Waals surface area contributed by atoms with E-state index in [9.17, 15) is 24.3 Å². The van der Waals surface area contributed by atoms with E-state index in [1.54, 1.807) is 4.57 Å². The zero-order valence-corrected chi connectivity index (χ0v) is 23.3. The molecule has 208 valence electrons. The molecule has 1 fully saturated rings. The normalized spacial score (nSPS) is 18.2. The second kappa shape index (κ2) is 12.7. The number of nitrogens with one attached hydrogen (secondary N) is 2. The number of hydrogen-bond acceptors (Lipinski definition) is 11. The van der Waals surface area contributed by atoms with Crippen molar-refractivity contribution < 1.29 is 29.1 Å². The predicted molar refractivity (Wildman–Crippen MR) is 148 cm³/mol. The van der Waals surface area contributed by atoms with Crippen molar-refractivity contribution in [1.29, 1.82) is 0 Å². The summed E-state index contributed by atoms with van der Waals surface area (Å²) in [5.74, 6) is -1.73. The van der Waals surface area contributed by atoms with Crippen LogP contribution in [0.15, 0.2) is 70.6 Å². The maximum atomic E-state index is 12.9. The van der Waals surface area contributed by atoms with Crippen molar-refractivity contribution >= 4 is 58.6 Å². The molecule has 2 amide bonds. The molecular formula is C25H24N6O6S3. The molecule has 1 saturated heterocycles. The first kappa shape index (κ1) is 27.9. The van der Waals surface area contributed by atoms with Crippen LogP contribution < -0.4 is 10.8 Å². The van der Waals surface area contributed by atoms with Crippen molar-refractivity contribution in [3.05, 3.63) is 75.9 Å². The second-order valence-corrected chi connectivity index (χ2v) is 11.9. The van der Waals surface area contributed by atoms with Gasteiger partial charge in [0.05, 0.1) is 12.8 Å². The Labute approximate surface area is 241 Å². The SMILES string of the molecule is O=C(Cc1cccs1)NC1C(=O)N2C(C(=O)O)=C(CSc3nncn3CNOC(=O)Cc3ccccc3)CS[C@@H]12. The van der Waals surface area contributed by atoms with Gasteiger partial charge in [-0.3, -0.25) is 23.9 Å². The average molecular weight is 601 g/mol. The van der Waals surface area contributed by atoms with Crippen LogP contribution in [0.5, 0.6) is 0 Å². The van der Waals surface area contributed by atoms with E-state index in [-0.39, 0.29) is 36.9 Å². The Bertz CT molecular complexity index is 1430. The number of benzene rings is 1. The van der Waals surface area contributed by atoms with Gasteiger partial charge in [0, 0.05) is 16.4 Å². The number of carbonyl (C=O) groups is 4. The van der Waals surface area contributed by atoms with Gasteiger partial charge >= 0.3 is 11.9 Å². The molecule has 3 aromatic rings. The molecule has 40 heavy (non-hydrogen) atoms. The van der Waals surface area contributed by atoms with Crippen molar-refractivity contribution in [2.24, 2.45) is 0 Å². The molecule has 12 nitrogen and oxygen atoms in total. The highest BCUT2D eigenvalue weighted by Gasteiger charge is 2.54. The number of aliphatic carboxylic acids is 1. The molecule has 0 spiro atoms. The van der Waals surface area contributed by atoms with E-state index < -0.39 is 29.3 Å². The summed E-state index contributed by atoms with van der Waals surface area (Å²) in [4.78, 5) is 56.7. The largest absolute Gasteiger partial charge is 0.477 e. The zero-order valence-electron chi connectivity index (χ0n) is 20.9. The highest BCUT2D eigenvalue weighted by molar-refractivity contribution is 8.01. The molecule has 5 rings (SSSR count). The van der Waals surface area contributed by atoms with E-state index in [4.69, 9.17) is 4.84 Å². The molecule has 2 aliphatic heterocycles. The third-order valence-corrected chi connectivity index (χ3v) is 9.33. The smallest absolute Gasteiger partial charge is 0.352 e. The van der Waals surface area contributed by atoms with Gasteiger partial charge in [0.1, 0.15) is 30.1 Å². The summed E-state index contributed by atoms with van der Waals surface area (Å²) in [5.41, 5.74) is 3.93. The third-order valence-electron chi connectivity index (χ3n) is 6.05. The van der Waals surface area contributed by atoms with Crippen LogP contribution in [0.3, 0.4) is 0 Å². The molecule has 0 bridgehead atoms. The minimum atomic E-state index is -1.20. The number of aromatic nitrogens is 3. The van der Waals surface area contributed by atoms with Crippen molar-refractivity contribution in [1.82, 2.24) is 30.5 Å². The Morgan fingerprint density at radius 1 is 1.15 bits per heavy atom. The van der Waals surface area contributed by atoms with Gasteiger partial charge in [-0.05, 0) is 22.6 Å². The van der Waals surface area contributed by atoms with Crippen molar-refractivity contribution in [2.75, 3.05) is 11.5 Å². The lowest BCUT2D eigenvalue weighted by Crippen LogP contribution is -2.70. The van der Waals surface area contributed by atoms with Crippen LogP contribution in [-0.2, 0) is 43.5 Å². The third kappa shape index (κ3) is 6.38. The Morgan fingerprint density at radius 3 is 2.73 bits per heavy atom. The zero-order chi connectivity index (χ0) is 28.1. The molecule has 2 aliphatic rings. The van der Waals surface area contributed by atoms with Crippen LogP contribution in [0.1, 0.15) is 10.4 Å². The van der Waals surface area contributed by atoms with E-state index >= 15 is 0 Å². The fourth-order valence-electron chi connectivity index (χ4n) is 4.19. The Morgan fingerprint density at radius 2 is 1.98 bits per heavy atom. The van der Waals surface area contributed by atoms with Crippen LogP contribution in [-0.4, -0.2) is 71.4 Å². The maximum absolute atomic E-state index is 12.9. The van der Waals surface area contributed by atoms with E-state index in [0.717, 1.165) is 10.4 Å². The molecule has 0 saturated carbocycles. The molecule has 2 aromatic heterocycles. The first-order chi connectivity index (χ1) is 19.4. The molecule has 4 heterocycles. The molecule has 3 N–H and O–H groups in total. The number of hydrogen-bond donors (Lipinski definition) is 3. The van der Waals surface area contributed by atoms with Crippen molar-refractivity contribution in [3.63, 3.8) is 0 Å². The summed E-state index contributed by atoms with van der Waals surface area (Å²) < 4.78 is 1.62. The van der Waals surface area contributed by atoms with Crippen LogP contribution in [0, 0.1) is 0 Å². The van der Waals surface area contributed by atoms with Crippen LogP contribution in [0.25, 0.3) is 0 Å². The number of carboxylic acids is 1. The van der Waals surface area contributed by atoms with Gasteiger partial charge < -0.3 is 15.3 Å². The van der Waals surface area contributed by atoms with Gasteiger partial charge in [-0.2, -0.15) is 0 Å². The molecule has 1 aromatic carbocycles. The lowest BCUT2D eigenvalue weighted by atomic mass is 10.0. The van der Waals surface area contributed by atoms with Gasteiger partial charge in [0.15, 0.2) is 5.16 Å². The second-order valence-electron chi connectivity index (χ2n) is 8.78. The van der Waals surface area contributed by atoms with Crippen LogP contribution >= 0.6 is 34.9 Å². The molecule has 2 atom stereocenters. The number of rotatable bonds is 12. The summed E-state index contributed by atoms with van der Waals surface area (Å²) in [7, 11) is 0. The lowest BCUT2D eigenvalue weighted by Gasteiger charge is -2.49. The van der Waals surface area contributed by atoms with Gasteiger partial charge in [-0.25, -0.2) is 4.79 Å². The molecule has 0 aliphatic carbocycles. The lowest BCUT2D eigenvalue weighted by molar-refractivity contribution is -0.151. The monoisotopic (exact) mass is 600 g/mol. The van der Waals surface area contributed by atoms with Crippen molar-refractivity contribution in [2.45, 2.75) is 36.1 Å². The highest BCUT2D eigenvalue weighted by atomic mass is 32.2. The Balaban J connectivity index is 1.15. The summed E-state index contributed by atoms with van der Waals surface area (Å²) >= 11 is 4.12. The first-order valence-corrected chi connectivity index (χ1v) is 15.0. The van der Waals surface area contributed by atoms with Gasteiger partial charge in [-0.1, -0.05) is 48.2 Å². The number of carboxylic acid groups (broad SMARTS) is 1. The maximum Gasteiger partial charge on any atom is 0.352 e. The van der Waals surface area contributed by atoms with Crippen molar-refractivity contribution in [3.8, 4) is 0 Å².